The van der Waals surface area contributed by atoms with Gasteiger partial charge in [-0.25, -0.2) is 4.98 Å². The molecule has 1 amide bonds. The lowest BCUT2D eigenvalue weighted by molar-refractivity contribution is -0.133. The second kappa shape index (κ2) is 7.57. The van der Waals surface area contributed by atoms with Crippen molar-refractivity contribution < 1.29 is 9.53 Å². The minimum atomic E-state index is 0.176. The third kappa shape index (κ3) is 3.89. The predicted molar refractivity (Wildman–Crippen MR) is 89.0 cm³/mol. The van der Waals surface area contributed by atoms with Gasteiger partial charge in [-0.3, -0.25) is 4.79 Å². The van der Waals surface area contributed by atoms with E-state index in [1.165, 1.54) is 0 Å². The molecule has 6 heteroatoms. The van der Waals surface area contributed by atoms with Crippen molar-refractivity contribution in [2.75, 3.05) is 26.2 Å². The van der Waals surface area contributed by atoms with Crippen LogP contribution in [0.15, 0.2) is 24.5 Å². The van der Waals surface area contributed by atoms with E-state index in [-0.39, 0.29) is 12.0 Å². The number of aromatic amines is 1. The number of hydrogen-bond donors (Lipinski definition) is 2. The van der Waals surface area contributed by atoms with Gasteiger partial charge in [0.05, 0.1) is 12.5 Å². The summed E-state index contributed by atoms with van der Waals surface area (Å²) < 4.78 is 5.78. The Kier molecular flexibility index (Phi) is 5.25. The first-order chi connectivity index (χ1) is 11.3. The van der Waals surface area contributed by atoms with Crippen LogP contribution in [-0.2, 0) is 16.0 Å². The molecule has 0 saturated carbocycles. The average Bonchev–Trinajstić information content (AvgIpc) is 2.99. The van der Waals surface area contributed by atoms with Crippen molar-refractivity contribution in [3.05, 3.63) is 30.1 Å². The maximum atomic E-state index is 12.5. The summed E-state index contributed by atoms with van der Waals surface area (Å²) in [6.45, 7) is 2.92. The van der Waals surface area contributed by atoms with Crippen LogP contribution in [0.4, 0.5) is 0 Å². The van der Waals surface area contributed by atoms with E-state index < -0.39 is 0 Å². The van der Waals surface area contributed by atoms with E-state index in [9.17, 15) is 4.79 Å². The molecule has 124 valence electrons. The largest absolute Gasteiger partial charge is 0.378 e. The summed E-state index contributed by atoms with van der Waals surface area (Å²) >= 11 is 0. The van der Waals surface area contributed by atoms with Crippen LogP contribution >= 0.6 is 0 Å². The number of amides is 1. The minimum absolute atomic E-state index is 0.176. The number of carbonyl (C=O) groups excluding carboxylic acids is 1. The number of ether oxygens (including phenoxy) is 1. The Morgan fingerprint density at radius 3 is 3.04 bits per heavy atom. The zero-order chi connectivity index (χ0) is 16.1. The fourth-order valence-corrected chi connectivity index (χ4v) is 3.04. The first-order valence-electron chi connectivity index (χ1n) is 8.28. The molecular weight excluding hydrogens is 292 g/mol. The Bertz CT molecular complexity index is 647. The van der Waals surface area contributed by atoms with Crippen LogP contribution in [0.3, 0.4) is 0 Å². The van der Waals surface area contributed by atoms with Gasteiger partial charge in [-0.05, 0) is 43.5 Å². The smallest absolute Gasteiger partial charge is 0.227 e. The third-order valence-electron chi connectivity index (χ3n) is 4.38. The summed E-state index contributed by atoms with van der Waals surface area (Å²) in [5.41, 5.74) is 7.32. The van der Waals surface area contributed by atoms with Gasteiger partial charge in [-0.2, -0.15) is 0 Å². The monoisotopic (exact) mass is 316 g/mol. The molecule has 0 unspecified atom stereocenters. The molecule has 0 spiro atoms. The highest BCUT2D eigenvalue weighted by atomic mass is 16.5. The van der Waals surface area contributed by atoms with E-state index >= 15 is 0 Å². The van der Waals surface area contributed by atoms with Gasteiger partial charge in [0.15, 0.2) is 0 Å². The van der Waals surface area contributed by atoms with E-state index in [1.807, 2.05) is 23.2 Å². The molecule has 1 fully saturated rings. The molecule has 0 radical (unpaired) electrons. The van der Waals surface area contributed by atoms with Crippen LogP contribution in [0.2, 0.25) is 0 Å². The number of nitrogens with two attached hydrogens (primary N) is 1. The summed E-state index contributed by atoms with van der Waals surface area (Å²) in [4.78, 5) is 21.8. The molecule has 23 heavy (non-hydrogen) atoms. The lowest BCUT2D eigenvalue weighted by atomic mass is 10.1. The van der Waals surface area contributed by atoms with Gasteiger partial charge in [-0.1, -0.05) is 0 Å². The number of fused-ring (bicyclic) bond motifs is 1. The molecule has 3 heterocycles. The Morgan fingerprint density at radius 2 is 2.26 bits per heavy atom. The molecule has 0 bridgehead atoms. The van der Waals surface area contributed by atoms with Crippen molar-refractivity contribution in [1.82, 2.24) is 14.9 Å². The molecule has 1 aliphatic rings. The molecule has 6 nitrogen and oxygen atoms in total. The highest BCUT2D eigenvalue weighted by molar-refractivity contribution is 5.87. The average molecular weight is 316 g/mol. The number of likely N-dealkylation sites (tertiary alicyclic amines) is 1. The SMILES string of the molecule is NCCCOC1CCN(C(=O)Cc2c[nH]c3ncccc23)CC1. The molecule has 3 rings (SSSR count). The number of H-pyrrole nitrogens is 1. The second-order valence-corrected chi connectivity index (χ2v) is 5.98. The minimum Gasteiger partial charge on any atom is -0.378 e. The van der Waals surface area contributed by atoms with Crippen molar-refractivity contribution >= 4 is 16.9 Å². The van der Waals surface area contributed by atoms with Gasteiger partial charge in [0.1, 0.15) is 5.65 Å². The van der Waals surface area contributed by atoms with E-state index in [2.05, 4.69) is 9.97 Å². The summed E-state index contributed by atoms with van der Waals surface area (Å²) in [6, 6.07) is 3.90. The standard InChI is InChI=1S/C17H24N4O2/c18-6-2-10-23-14-4-8-21(9-5-14)16(22)11-13-12-20-17-15(13)3-1-7-19-17/h1,3,7,12,14H,2,4-6,8-11,18H2,(H,19,20). The zero-order valence-corrected chi connectivity index (χ0v) is 13.3. The molecule has 3 N–H and O–H groups in total. The van der Waals surface area contributed by atoms with Crippen molar-refractivity contribution in [3.63, 3.8) is 0 Å². The van der Waals surface area contributed by atoms with Gasteiger partial charge < -0.3 is 20.4 Å². The maximum Gasteiger partial charge on any atom is 0.227 e. The quantitative estimate of drug-likeness (QED) is 0.790. The molecule has 2 aromatic heterocycles. The molecule has 2 aromatic rings. The van der Waals surface area contributed by atoms with Gasteiger partial charge in [0.2, 0.25) is 5.91 Å². The van der Waals surface area contributed by atoms with Crippen molar-refractivity contribution in [1.29, 1.82) is 0 Å². The summed E-state index contributed by atoms with van der Waals surface area (Å²) in [5, 5.41) is 1.03. The summed E-state index contributed by atoms with van der Waals surface area (Å²) in [7, 11) is 0. The highest BCUT2D eigenvalue weighted by Gasteiger charge is 2.23. The Hall–Kier alpha value is -1.92. The molecule has 0 aliphatic carbocycles. The normalized spacial score (nSPS) is 16.1. The van der Waals surface area contributed by atoms with Crippen molar-refractivity contribution in [2.45, 2.75) is 31.8 Å². The maximum absolute atomic E-state index is 12.5. The van der Waals surface area contributed by atoms with Crippen LogP contribution in [0.1, 0.15) is 24.8 Å². The number of nitrogens with zero attached hydrogens (tertiary/aromatic N) is 2. The highest BCUT2D eigenvalue weighted by Crippen LogP contribution is 2.19. The van der Waals surface area contributed by atoms with Crippen LogP contribution in [-0.4, -0.2) is 53.1 Å². The zero-order valence-electron chi connectivity index (χ0n) is 13.3. The number of aromatic nitrogens is 2. The Balaban J connectivity index is 1.52. The molecule has 1 saturated heterocycles. The lowest BCUT2D eigenvalue weighted by Gasteiger charge is -2.32. The molecule has 0 aromatic carbocycles. The van der Waals surface area contributed by atoms with Gasteiger partial charge >= 0.3 is 0 Å². The number of pyridine rings is 1. The lowest BCUT2D eigenvalue weighted by Crippen LogP contribution is -2.41. The van der Waals surface area contributed by atoms with Crippen LogP contribution in [0, 0.1) is 0 Å². The first-order valence-corrected chi connectivity index (χ1v) is 8.28. The fraction of sp³-hybridized carbons (Fsp3) is 0.529. The molecular formula is C17H24N4O2. The topological polar surface area (TPSA) is 84.2 Å². The van der Waals surface area contributed by atoms with Gasteiger partial charge in [0, 0.05) is 37.5 Å². The van der Waals surface area contributed by atoms with E-state index in [1.54, 1.807) is 6.20 Å². The van der Waals surface area contributed by atoms with Crippen LogP contribution in [0.5, 0.6) is 0 Å². The van der Waals surface area contributed by atoms with Crippen LogP contribution < -0.4 is 5.73 Å². The van der Waals surface area contributed by atoms with Gasteiger partial charge in [-0.15, -0.1) is 0 Å². The van der Waals surface area contributed by atoms with Crippen LogP contribution in [0.25, 0.3) is 11.0 Å². The number of hydrogen-bond acceptors (Lipinski definition) is 4. The summed E-state index contributed by atoms with van der Waals surface area (Å²) in [5.74, 6) is 0.176. The fourth-order valence-electron chi connectivity index (χ4n) is 3.04. The third-order valence-corrected chi connectivity index (χ3v) is 4.38. The number of rotatable bonds is 6. The number of piperidine rings is 1. The molecule has 1 aliphatic heterocycles. The van der Waals surface area contributed by atoms with Crippen molar-refractivity contribution in [2.24, 2.45) is 5.73 Å². The van der Waals surface area contributed by atoms with Gasteiger partial charge in [0.25, 0.3) is 0 Å². The Morgan fingerprint density at radius 1 is 1.43 bits per heavy atom. The predicted octanol–water partition coefficient (Wildman–Crippen LogP) is 1.46. The van der Waals surface area contributed by atoms with Crippen molar-refractivity contribution in [3.8, 4) is 0 Å². The number of nitrogens with one attached hydrogen (secondary N) is 1. The summed E-state index contributed by atoms with van der Waals surface area (Å²) in [6.07, 6.45) is 7.04. The second-order valence-electron chi connectivity index (χ2n) is 5.98. The van der Waals surface area contributed by atoms with E-state index in [0.29, 0.717) is 13.0 Å². The first kappa shape index (κ1) is 16.0. The van der Waals surface area contributed by atoms with E-state index in [0.717, 1.165) is 55.6 Å². The van der Waals surface area contributed by atoms with E-state index in [4.69, 9.17) is 10.5 Å². The Labute approximate surface area is 136 Å². The molecule has 0 atom stereocenters. The number of carbonyl (C=O) groups is 1.